The van der Waals surface area contributed by atoms with Gasteiger partial charge < -0.3 is 20.9 Å². The van der Waals surface area contributed by atoms with Gasteiger partial charge in [0.25, 0.3) is 0 Å². The van der Waals surface area contributed by atoms with E-state index in [0.29, 0.717) is 23.6 Å². The fourth-order valence-electron chi connectivity index (χ4n) is 3.67. The molecule has 3 aromatic rings. The Morgan fingerprint density at radius 3 is 2.70 bits per heavy atom. The largest absolute Gasteiger partial charge is 0.507 e. The summed E-state index contributed by atoms with van der Waals surface area (Å²) in [6.07, 6.45) is 2.16. The van der Waals surface area contributed by atoms with E-state index in [9.17, 15) is 5.11 Å². The number of nitrogen functional groups attached to an aromatic ring is 1. The Kier molecular flexibility index (Phi) is 7.13. The molecule has 1 aliphatic rings. The average molecular weight is 427 g/mol. The Balaban J connectivity index is 0.00000256. The number of nitrogens with zero attached hydrogens (tertiary/aromatic N) is 2. The van der Waals surface area contributed by atoms with Crippen LogP contribution < -0.4 is 15.8 Å². The molecule has 0 saturated carbocycles. The zero-order valence-electron chi connectivity index (χ0n) is 17.0. The van der Waals surface area contributed by atoms with Gasteiger partial charge in [-0.1, -0.05) is 35.9 Å². The molecule has 158 valence electrons. The van der Waals surface area contributed by atoms with E-state index in [0.717, 1.165) is 37.2 Å². The zero-order valence-corrected chi connectivity index (χ0v) is 17.8. The summed E-state index contributed by atoms with van der Waals surface area (Å²) in [6.45, 7) is 4.35. The molecule has 0 spiro atoms. The van der Waals surface area contributed by atoms with E-state index < -0.39 is 0 Å². The van der Waals surface area contributed by atoms with E-state index in [1.54, 1.807) is 12.1 Å². The molecule has 30 heavy (non-hydrogen) atoms. The van der Waals surface area contributed by atoms with Gasteiger partial charge in [0.1, 0.15) is 18.1 Å². The van der Waals surface area contributed by atoms with Crippen LogP contribution in [0.3, 0.4) is 0 Å². The summed E-state index contributed by atoms with van der Waals surface area (Å²) >= 11 is 0. The van der Waals surface area contributed by atoms with Crippen molar-refractivity contribution in [2.45, 2.75) is 32.3 Å². The Morgan fingerprint density at radius 1 is 1.17 bits per heavy atom. The summed E-state index contributed by atoms with van der Waals surface area (Å²) in [7, 11) is 0. The van der Waals surface area contributed by atoms with Gasteiger partial charge in [-0.15, -0.1) is 12.4 Å². The van der Waals surface area contributed by atoms with Gasteiger partial charge in [0, 0.05) is 12.5 Å². The molecule has 0 bridgehead atoms. The number of nitrogens with two attached hydrogens (primary N) is 1. The number of nitrogens with one attached hydrogen (secondary N) is 1. The van der Waals surface area contributed by atoms with Gasteiger partial charge in [0.2, 0.25) is 5.95 Å². The van der Waals surface area contributed by atoms with E-state index in [1.165, 1.54) is 5.56 Å². The second-order valence-electron chi connectivity index (χ2n) is 7.50. The van der Waals surface area contributed by atoms with Crippen molar-refractivity contribution in [3.05, 3.63) is 65.4 Å². The third kappa shape index (κ3) is 5.01. The van der Waals surface area contributed by atoms with Crippen molar-refractivity contribution < 1.29 is 9.84 Å². The molecule has 1 fully saturated rings. The molecule has 0 amide bonds. The van der Waals surface area contributed by atoms with Crippen molar-refractivity contribution in [3.8, 4) is 22.8 Å². The average Bonchev–Trinajstić information content (AvgIpc) is 2.73. The standard InChI is InChI=1S/C23H26N4O2.ClH/c1-15-7-9-16(10-8-15)14-29-21-6-2-5-20(28)22(21)19-12-18(26-23(24)27-19)17-4-3-11-25-13-17;/h2,5-10,12,17,25,28H,3-4,11,13-14H2,1H3,(H2,24,26,27);1H. The molecule has 2 heterocycles. The van der Waals surface area contributed by atoms with Crippen molar-refractivity contribution >= 4 is 18.4 Å². The number of aromatic nitrogens is 2. The highest BCUT2D eigenvalue weighted by molar-refractivity contribution is 5.85. The second-order valence-corrected chi connectivity index (χ2v) is 7.50. The van der Waals surface area contributed by atoms with E-state index in [2.05, 4.69) is 34.3 Å². The highest BCUT2D eigenvalue weighted by Gasteiger charge is 2.21. The van der Waals surface area contributed by atoms with E-state index in [-0.39, 0.29) is 30.0 Å². The summed E-state index contributed by atoms with van der Waals surface area (Å²) in [5.74, 6) is 1.17. The number of hydrogen-bond acceptors (Lipinski definition) is 6. The number of phenols is 1. The maximum atomic E-state index is 10.6. The topological polar surface area (TPSA) is 93.3 Å². The van der Waals surface area contributed by atoms with Gasteiger partial charge in [-0.3, -0.25) is 0 Å². The van der Waals surface area contributed by atoms with Gasteiger partial charge in [-0.2, -0.15) is 0 Å². The van der Waals surface area contributed by atoms with Crippen LogP contribution >= 0.6 is 12.4 Å². The summed E-state index contributed by atoms with van der Waals surface area (Å²) in [5.41, 5.74) is 10.3. The quantitative estimate of drug-likeness (QED) is 0.566. The number of benzene rings is 2. The molecule has 1 aromatic heterocycles. The number of piperidine rings is 1. The number of aryl methyl sites for hydroxylation is 1. The predicted octanol–water partition coefficient (Wildman–Crippen LogP) is 4.21. The third-order valence-corrected chi connectivity index (χ3v) is 5.25. The number of anilines is 1. The minimum absolute atomic E-state index is 0. The minimum atomic E-state index is 0. The first kappa shape index (κ1) is 21.9. The summed E-state index contributed by atoms with van der Waals surface area (Å²) in [5, 5.41) is 14.0. The first-order chi connectivity index (χ1) is 14.1. The number of ether oxygens (including phenoxy) is 1. The number of rotatable bonds is 5. The van der Waals surface area contributed by atoms with Crippen molar-refractivity contribution in [1.29, 1.82) is 0 Å². The molecule has 1 saturated heterocycles. The molecule has 1 unspecified atom stereocenters. The van der Waals surface area contributed by atoms with Gasteiger partial charge >= 0.3 is 0 Å². The van der Waals surface area contributed by atoms with Crippen LogP contribution in [0, 0.1) is 6.92 Å². The maximum absolute atomic E-state index is 10.6. The van der Waals surface area contributed by atoms with Crippen LogP contribution in [0.5, 0.6) is 11.5 Å². The third-order valence-electron chi connectivity index (χ3n) is 5.25. The highest BCUT2D eigenvalue weighted by atomic mass is 35.5. The molecule has 1 aliphatic heterocycles. The molecule has 2 aromatic carbocycles. The maximum Gasteiger partial charge on any atom is 0.220 e. The van der Waals surface area contributed by atoms with E-state index >= 15 is 0 Å². The van der Waals surface area contributed by atoms with Crippen LogP contribution in [0.2, 0.25) is 0 Å². The van der Waals surface area contributed by atoms with Crippen LogP contribution in [0.15, 0.2) is 48.5 Å². The molecule has 4 rings (SSSR count). The van der Waals surface area contributed by atoms with Crippen LogP contribution in [-0.4, -0.2) is 28.2 Å². The monoisotopic (exact) mass is 426 g/mol. The minimum Gasteiger partial charge on any atom is -0.507 e. The number of phenolic OH excluding ortho intramolecular Hbond substituents is 1. The van der Waals surface area contributed by atoms with Crippen LogP contribution in [-0.2, 0) is 6.61 Å². The fraction of sp³-hybridized carbons (Fsp3) is 0.304. The highest BCUT2D eigenvalue weighted by Crippen LogP contribution is 2.38. The second kappa shape index (κ2) is 9.78. The summed E-state index contributed by atoms with van der Waals surface area (Å²) in [4.78, 5) is 8.84. The Hall–Kier alpha value is -2.83. The number of aromatic hydroxyl groups is 1. The Morgan fingerprint density at radius 2 is 1.97 bits per heavy atom. The normalized spacial score (nSPS) is 16.0. The van der Waals surface area contributed by atoms with Gasteiger partial charge in [0.15, 0.2) is 0 Å². The van der Waals surface area contributed by atoms with Gasteiger partial charge in [-0.05, 0) is 50.1 Å². The molecule has 4 N–H and O–H groups in total. The first-order valence-electron chi connectivity index (χ1n) is 9.96. The molecule has 6 nitrogen and oxygen atoms in total. The van der Waals surface area contributed by atoms with Crippen LogP contribution in [0.1, 0.15) is 35.6 Å². The molecule has 7 heteroatoms. The van der Waals surface area contributed by atoms with Crippen molar-refractivity contribution in [1.82, 2.24) is 15.3 Å². The lowest BCUT2D eigenvalue weighted by atomic mass is 9.94. The fourth-order valence-corrected chi connectivity index (χ4v) is 3.67. The number of halogens is 1. The zero-order chi connectivity index (χ0) is 20.2. The molecule has 0 radical (unpaired) electrons. The Labute approximate surface area is 182 Å². The summed E-state index contributed by atoms with van der Waals surface area (Å²) in [6, 6.07) is 15.3. The van der Waals surface area contributed by atoms with Crippen LogP contribution in [0.4, 0.5) is 5.95 Å². The van der Waals surface area contributed by atoms with Crippen molar-refractivity contribution in [2.24, 2.45) is 0 Å². The molecular formula is C23H27ClN4O2. The van der Waals surface area contributed by atoms with Crippen LogP contribution in [0.25, 0.3) is 11.3 Å². The number of hydrogen-bond donors (Lipinski definition) is 3. The van der Waals surface area contributed by atoms with E-state index in [4.69, 9.17) is 10.5 Å². The van der Waals surface area contributed by atoms with Crippen molar-refractivity contribution in [2.75, 3.05) is 18.8 Å². The summed E-state index contributed by atoms with van der Waals surface area (Å²) < 4.78 is 6.05. The Bertz CT molecular complexity index is 989. The lowest BCUT2D eigenvalue weighted by molar-refractivity contribution is 0.306. The van der Waals surface area contributed by atoms with E-state index in [1.807, 2.05) is 24.3 Å². The molecular weight excluding hydrogens is 400 g/mol. The lowest BCUT2D eigenvalue weighted by Crippen LogP contribution is -2.29. The molecule has 0 aliphatic carbocycles. The molecule has 1 atom stereocenters. The smallest absolute Gasteiger partial charge is 0.220 e. The SMILES string of the molecule is Cc1ccc(COc2cccc(O)c2-c2cc(C3CCCNC3)nc(N)n2)cc1.Cl. The lowest BCUT2D eigenvalue weighted by Gasteiger charge is -2.23. The van der Waals surface area contributed by atoms with Gasteiger partial charge in [-0.25, -0.2) is 9.97 Å². The predicted molar refractivity (Wildman–Crippen MR) is 121 cm³/mol. The first-order valence-corrected chi connectivity index (χ1v) is 9.96. The van der Waals surface area contributed by atoms with Crippen molar-refractivity contribution in [3.63, 3.8) is 0 Å². The van der Waals surface area contributed by atoms with Gasteiger partial charge in [0.05, 0.1) is 17.0 Å².